The van der Waals surface area contributed by atoms with Gasteiger partial charge in [0.1, 0.15) is 17.3 Å². The van der Waals surface area contributed by atoms with Gasteiger partial charge < -0.3 is 13.9 Å². The second-order valence-electron chi connectivity index (χ2n) is 6.86. The van der Waals surface area contributed by atoms with Crippen LogP contribution in [0.1, 0.15) is 34.2 Å². The molecule has 3 aromatic rings. The largest absolute Gasteiger partial charge is 0.462 e. The van der Waals surface area contributed by atoms with Crippen LogP contribution in [0, 0.1) is 6.92 Å². The summed E-state index contributed by atoms with van der Waals surface area (Å²) in [6, 6.07) is 18.4. The Balaban J connectivity index is 1.54. The highest BCUT2D eigenvalue weighted by Gasteiger charge is 2.22. The molecule has 1 aliphatic heterocycles. The van der Waals surface area contributed by atoms with Crippen molar-refractivity contribution >= 4 is 23.8 Å². The van der Waals surface area contributed by atoms with Gasteiger partial charge in [-0.25, -0.2) is 9.59 Å². The lowest BCUT2D eigenvalue weighted by Gasteiger charge is -2.02. The summed E-state index contributed by atoms with van der Waals surface area (Å²) < 4.78 is 16.2. The average Bonchev–Trinajstić information content (AvgIpc) is 3.36. The zero-order valence-electron chi connectivity index (χ0n) is 16.7. The molecule has 0 unspecified atom stereocenters. The molecular formula is C25H20O5. The van der Waals surface area contributed by atoms with E-state index in [9.17, 15) is 9.59 Å². The second kappa shape index (κ2) is 8.25. The van der Waals surface area contributed by atoms with Gasteiger partial charge in [-0.1, -0.05) is 42.0 Å². The maximum atomic E-state index is 12.2. The predicted octanol–water partition coefficient (Wildman–Crippen LogP) is 5.41. The lowest BCUT2D eigenvalue weighted by Crippen LogP contribution is -2.03. The molecule has 1 aliphatic rings. The Hall–Kier alpha value is -3.86. The number of carbonyl (C=O) groups is 2. The summed E-state index contributed by atoms with van der Waals surface area (Å²) in [5.74, 6) is 0.916. The van der Waals surface area contributed by atoms with E-state index >= 15 is 0 Å². The highest BCUT2D eigenvalue weighted by Crippen LogP contribution is 2.29. The predicted molar refractivity (Wildman–Crippen MR) is 113 cm³/mol. The van der Waals surface area contributed by atoms with Crippen molar-refractivity contribution < 1.29 is 23.5 Å². The van der Waals surface area contributed by atoms with Crippen LogP contribution in [0.5, 0.6) is 0 Å². The van der Waals surface area contributed by atoms with E-state index in [1.54, 1.807) is 49.4 Å². The van der Waals surface area contributed by atoms with Gasteiger partial charge in [0.25, 0.3) is 0 Å². The maximum Gasteiger partial charge on any atom is 0.343 e. The van der Waals surface area contributed by atoms with E-state index < -0.39 is 5.97 Å². The Morgan fingerprint density at radius 1 is 0.967 bits per heavy atom. The SMILES string of the molecule is CCOC(=O)c1ccc(-c2ccc(/C=C3\C=C(c4ccc(C)cc4)OC3=O)o2)cc1. The van der Waals surface area contributed by atoms with Crippen molar-refractivity contribution in [2.75, 3.05) is 6.61 Å². The molecule has 30 heavy (non-hydrogen) atoms. The monoisotopic (exact) mass is 400 g/mol. The third kappa shape index (κ3) is 4.10. The number of esters is 2. The summed E-state index contributed by atoms with van der Waals surface area (Å²) in [7, 11) is 0. The molecule has 0 saturated carbocycles. The molecular weight excluding hydrogens is 380 g/mol. The standard InChI is InChI=1S/C25H20O5/c1-3-28-24(26)19-10-8-17(9-11-19)22-13-12-21(29-22)14-20-15-23(30-25(20)27)18-6-4-16(2)5-7-18/h4-15H,3H2,1-2H3/b20-14+. The van der Waals surface area contributed by atoms with Crippen LogP contribution < -0.4 is 0 Å². The van der Waals surface area contributed by atoms with E-state index in [-0.39, 0.29) is 5.97 Å². The van der Waals surface area contributed by atoms with Crippen LogP contribution in [0.2, 0.25) is 0 Å². The van der Waals surface area contributed by atoms with Crippen LogP contribution in [0.4, 0.5) is 0 Å². The van der Waals surface area contributed by atoms with Gasteiger partial charge in [-0.15, -0.1) is 0 Å². The van der Waals surface area contributed by atoms with E-state index in [0.29, 0.717) is 35.0 Å². The number of carbonyl (C=O) groups excluding carboxylic acids is 2. The summed E-state index contributed by atoms with van der Waals surface area (Å²) in [5.41, 5.74) is 3.70. The number of aryl methyl sites for hydroxylation is 1. The molecule has 5 heteroatoms. The van der Waals surface area contributed by atoms with Crippen molar-refractivity contribution in [3.8, 4) is 11.3 Å². The zero-order valence-corrected chi connectivity index (χ0v) is 16.7. The number of ether oxygens (including phenoxy) is 2. The molecule has 5 nitrogen and oxygen atoms in total. The van der Waals surface area contributed by atoms with Gasteiger partial charge >= 0.3 is 11.9 Å². The van der Waals surface area contributed by atoms with E-state index in [1.165, 1.54) is 0 Å². The fourth-order valence-corrected chi connectivity index (χ4v) is 3.07. The van der Waals surface area contributed by atoms with Crippen LogP contribution in [-0.2, 0) is 14.3 Å². The maximum absolute atomic E-state index is 12.2. The molecule has 150 valence electrons. The van der Waals surface area contributed by atoms with Crippen molar-refractivity contribution in [3.05, 3.63) is 94.8 Å². The van der Waals surface area contributed by atoms with Crippen molar-refractivity contribution in [2.24, 2.45) is 0 Å². The first-order chi connectivity index (χ1) is 14.5. The molecule has 4 rings (SSSR count). The molecule has 0 bridgehead atoms. The molecule has 0 spiro atoms. The first kappa shape index (κ1) is 19.5. The molecule has 2 heterocycles. The lowest BCUT2D eigenvalue weighted by atomic mass is 10.1. The van der Waals surface area contributed by atoms with E-state index in [0.717, 1.165) is 16.7 Å². The lowest BCUT2D eigenvalue weighted by molar-refractivity contribution is -0.130. The van der Waals surface area contributed by atoms with E-state index in [1.807, 2.05) is 37.3 Å². The van der Waals surface area contributed by atoms with Gasteiger partial charge in [0.05, 0.1) is 17.7 Å². The van der Waals surface area contributed by atoms with Crippen molar-refractivity contribution in [2.45, 2.75) is 13.8 Å². The molecule has 0 amide bonds. The summed E-state index contributed by atoms with van der Waals surface area (Å²) in [4.78, 5) is 24.0. The Kier molecular flexibility index (Phi) is 5.35. The Bertz CT molecular complexity index is 1150. The van der Waals surface area contributed by atoms with Crippen LogP contribution in [0.3, 0.4) is 0 Å². The van der Waals surface area contributed by atoms with Crippen LogP contribution in [-0.4, -0.2) is 18.5 Å². The molecule has 1 aromatic heterocycles. The summed E-state index contributed by atoms with van der Waals surface area (Å²) >= 11 is 0. The van der Waals surface area contributed by atoms with Crippen LogP contribution in [0.25, 0.3) is 23.2 Å². The van der Waals surface area contributed by atoms with E-state index in [2.05, 4.69) is 0 Å². The third-order valence-corrected chi connectivity index (χ3v) is 4.67. The molecule has 0 saturated heterocycles. The normalized spacial score (nSPS) is 14.5. The van der Waals surface area contributed by atoms with Crippen molar-refractivity contribution in [1.29, 1.82) is 0 Å². The van der Waals surface area contributed by atoms with Gasteiger partial charge in [-0.05, 0) is 50.3 Å². The highest BCUT2D eigenvalue weighted by atomic mass is 16.5. The smallest absolute Gasteiger partial charge is 0.343 e. The van der Waals surface area contributed by atoms with Gasteiger partial charge in [0.15, 0.2) is 0 Å². The minimum atomic E-state index is -0.415. The van der Waals surface area contributed by atoms with Gasteiger partial charge in [-0.3, -0.25) is 0 Å². The highest BCUT2D eigenvalue weighted by molar-refractivity contribution is 6.04. The minimum absolute atomic E-state index is 0.333. The fourth-order valence-electron chi connectivity index (χ4n) is 3.07. The number of rotatable bonds is 5. The minimum Gasteiger partial charge on any atom is -0.462 e. The van der Waals surface area contributed by atoms with E-state index in [4.69, 9.17) is 13.9 Å². The molecule has 0 aliphatic carbocycles. The number of furan rings is 1. The number of benzene rings is 2. The number of cyclic esters (lactones) is 1. The summed E-state index contributed by atoms with van der Waals surface area (Å²) in [6.07, 6.45) is 3.36. The van der Waals surface area contributed by atoms with Crippen LogP contribution in [0.15, 0.2) is 76.7 Å². The van der Waals surface area contributed by atoms with Crippen molar-refractivity contribution in [3.63, 3.8) is 0 Å². The molecule has 0 fully saturated rings. The summed E-state index contributed by atoms with van der Waals surface area (Å²) in [5, 5.41) is 0. The molecule has 0 N–H and O–H groups in total. The van der Waals surface area contributed by atoms with Gasteiger partial charge in [0, 0.05) is 11.1 Å². The second-order valence-corrected chi connectivity index (χ2v) is 6.86. The fraction of sp³-hybridized carbons (Fsp3) is 0.120. The van der Waals surface area contributed by atoms with Crippen LogP contribution >= 0.6 is 0 Å². The Morgan fingerprint density at radius 3 is 2.37 bits per heavy atom. The Labute approximate surface area is 174 Å². The van der Waals surface area contributed by atoms with Gasteiger partial charge in [-0.2, -0.15) is 0 Å². The first-order valence-electron chi connectivity index (χ1n) is 9.63. The molecule has 0 radical (unpaired) electrons. The van der Waals surface area contributed by atoms with Gasteiger partial charge in [0.2, 0.25) is 0 Å². The molecule has 0 atom stereocenters. The average molecular weight is 400 g/mol. The third-order valence-electron chi connectivity index (χ3n) is 4.67. The molecule has 2 aromatic carbocycles. The summed E-state index contributed by atoms with van der Waals surface area (Å²) in [6.45, 7) is 4.10. The van der Waals surface area contributed by atoms with Crippen molar-refractivity contribution in [1.82, 2.24) is 0 Å². The topological polar surface area (TPSA) is 65.7 Å². The number of hydrogen-bond acceptors (Lipinski definition) is 5. The zero-order chi connectivity index (χ0) is 21.1. The Morgan fingerprint density at radius 2 is 1.67 bits per heavy atom. The first-order valence-corrected chi connectivity index (χ1v) is 9.63. The quantitative estimate of drug-likeness (QED) is 0.423. The number of hydrogen-bond donors (Lipinski definition) is 0.